The number of hydrogen-bond donors (Lipinski definition) is 2. The second-order valence-electron chi connectivity index (χ2n) is 7.07. The number of nitrogens with two attached hydrogens (primary N) is 1. The molecule has 112 valence electrons. The number of hydrogen-bond acceptors (Lipinski definition) is 3. The van der Waals surface area contributed by atoms with Crippen molar-refractivity contribution in [2.45, 2.75) is 65.5 Å². The van der Waals surface area contributed by atoms with Crippen LogP contribution in [0.5, 0.6) is 0 Å². The van der Waals surface area contributed by atoms with Crippen LogP contribution >= 0.6 is 0 Å². The number of nitrogens with one attached hydrogen (secondary N) is 1. The van der Waals surface area contributed by atoms with Crippen molar-refractivity contribution in [2.75, 3.05) is 13.2 Å². The van der Waals surface area contributed by atoms with Crippen LogP contribution < -0.4 is 11.1 Å². The Labute approximate surface area is 117 Å². The summed E-state index contributed by atoms with van der Waals surface area (Å²) in [5.41, 5.74) is 5.03. The summed E-state index contributed by atoms with van der Waals surface area (Å²) in [4.78, 5) is 11.6. The Morgan fingerprint density at radius 3 is 2.58 bits per heavy atom. The Morgan fingerprint density at radius 2 is 2.11 bits per heavy atom. The van der Waals surface area contributed by atoms with Gasteiger partial charge in [0.15, 0.2) is 0 Å². The summed E-state index contributed by atoms with van der Waals surface area (Å²) in [5.74, 6) is 0.324. The van der Waals surface area contributed by atoms with Crippen LogP contribution in [0.4, 0.5) is 0 Å². The Morgan fingerprint density at radius 1 is 1.47 bits per heavy atom. The van der Waals surface area contributed by atoms with Crippen LogP contribution in [0.25, 0.3) is 0 Å². The minimum absolute atomic E-state index is 0.232. The van der Waals surface area contributed by atoms with E-state index in [9.17, 15) is 4.79 Å². The molecule has 4 nitrogen and oxygen atoms in total. The quantitative estimate of drug-likeness (QED) is 0.776. The number of carbonyl (C=O) groups is 1. The summed E-state index contributed by atoms with van der Waals surface area (Å²) in [7, 11) is 0. The molecule has 0 aromatic carbocycles. The van der Waals surface area contributed by atoms with E-state index in [1.54, 1.807) is 0 Å². The van der Waals surface area contributed by atoms with Gasteiger partial charge in [-0.25, -0.2) is 0 Å². The summed E-state index contributed by atoms with van der Waals surface area (Å²) < 4.78 is 6.00. The van der Waals surface area contributed by atoms with Crippen LogP contribution in [0.15, 0.2) is 0 Å². The first kappa shape index (κ1) is 16.4. The number of rotatable bonds is 6. The lowest BCUT2D eigenvalue weighted by Gasteiger charge is -2.40. The van der Waals surface area contributed by atoms with E-state index >= 15 is 0 Å². The van der Waals surface area contributed by atoms with E-state index in [1.165, 1.54) is 6.42 Å². The molecule has 0 bridgehead atoms. The highest BCUT2D eigenvalue weighted by molar-refractivity contribution is 5.84. The van der Waals surface area contributed by atoms with Crippen LogP contribution in [-0.4, -0.2) is 30.7 Å². The van der Waals surface area contributed by atoms with Crippen LogP contribution in [0.1, 0.15) is 53.9 Å². The van der Waals surface area contributed by atoms with Crippen molar-refractivity contribution in [3.63, 3.8) is 0 Å². The molecule has 1 saturated carbocycles. The van der Waals surface area contributed by atoms with Gasteiger partial charge in [0.05, 0.1) is 12.7 Å². The van der Waals surface area contributed by atoms with Crippen molar-refractivity contribution >= 4 is 5.91 Å². The number of carbonyl (C=O) groups excluding carboxylic acids is 1. The number of likely N-dealkylation sites (N-methyl/N-ethyl adjacent to an activating group) is 1. The van der Waals surface area contributed by atoms with E-state index in [2.05, 4.69) is 26.1 Å². The van der Waals surface area contributed by atoms with E-state index in [-0.39, 0.29) is 12.0 Å². The third kappa shape index (κ3) is 4.77. The molecule has 1 aliphatic carbocycles. The molecular weight excluding hydrogens is 240 g/mol. The zero-order chi connectivity index (χ0) is 14.7. The van der Waals surface area contributed by atoms with Gasteiger partial charge in [0.25, 0.3) is 0 Å². The molecule has 3 unspecified atom stereocenters. The topological polar surface area (TPSA) is 64.3 Å². The van der Waals surface area contributed by atoms with E-state index in [1.807, 2.05) is 13.8 Å². The minimum Gasteiger partial charge on any atom is -0.376 e. The molecular formula is C15H30N2O2. The molecule has 0 radical (unpaired) electrons. The summed E-state index contributed by atoms with van der Waals surface area (Å²) in [6.07, 6.45) is 3.60. The average Bonchev–Trinajstić information content (AvgIpc) is 2.24. The van der Waals surface area contributed by atoms with Gasteiger partial charge >= 0.3 is 0 Å². The molecule has 0 saturated heterocycles. The Hall–Kier alpha value is -0.610. The molecule has 19 heavy (non-hydrogen) atoms. The van der Waals surface area contributed by atoms with E-state index in [4.69, 9.17) is 10.5 Å². The fourth-order valence-corrected chi connectivity index (χ4v) is 3.27. The standard InChI is InChI=1S/C15H30N2O2/c1-6-17-15(5,13(16)18)10-19-12-7-11(2)8-14(3,4)9-12/h11-12,17H,6-10H2,1-5H3,(H2,16,18). The lowest BCUT2D eigenvalue weighted by Crippen LogP contribution is -2.57. The van der Waals surface area contributed by atoms with E-state index in [0.717, 1.165) is 12.8 Å². The largest absolute Gasteiger partial charge is 0.376 e. The molecule has 3 atom stereocenters. The second-order valence-corrected chi connectivity index (χ2v) is 7.07. The third-order valence-corrected chi connectivity index (χ3v) is 4.07. The highest BCUT2D eigenvalue weighted by atomic mass is 16.5. The minimum atomic E-state index is -0.764. The van der Waals surface area contributed by atoms with Gasteiger partial charge in [0.2, 0.25) is 5.91 Å². The lowest BCUT2D eigenvalue weighted by molar-refractivity contribution is -0.128. The zero-order valence-corrected chi connectivity index (χ0v) is 13.1. The van der Waals surface area contributed by atoms with Gasteiger partial charge in [-0.2, -0.15) is 0 Å². The van der Waals surface area contributed by atoms with Crippen molar-refractivity contribution in [2.24, 2.45) is 17.1 Å². The van der Waals surface area contributed by atoms with Gasteiger partial charge in [-0.3, -0.25) is 4.79 Å². The highest BCUT2D eigenvalue weighted by Crippen LogP contribution is 2.39. The Kier molecular flexibility index (Phi) is 5.39. The third-order valence-electron chi connectivity index (χ3n) is 4.07. The highest BCUT2D eigenvalue weighted by Gasteiger charge is 2.36. The SMILES string of the molecule is CCNC(C)(COC1CC(C)CC(C)(C)C1)C(N)=O. The predicted molar refractivity (Wildman–Crippen MR) is 77.8 cm³/mol. The normalized spacial score (nSPS) is 29.7. The monoisotopic (exact) mass is 270 g/mol. The molecule has 1 amide bonds. The first-order chi connectivity index (χ1) is 8.68. The van der Waals surface area contributed by atoms with Crippen LogP contribution in [0, 0.1) is 11.3 Å². The molecule has 0 spiro atoms. The Bertz CT molecular complexity index is 317. The molecule has 1 rings (SSSR count). The van der Waals surface area contributed by atoms with Gasteiger partial charge in [-0.15, -0.1) is 0 Å². The molecule has 0 aromatic heterocycles. The average molecular weight is 270 g/mol. The first-order valence-electron chi connectivity index (χ1n) is 7.35. The number of ether oxygens (including phenoxy) is 1. The van der Waals surface area contributed by atoms with Crippen molar-refractivity contribution in [1.29, 1.82) is 0 Å². The maximum atomic E-state index is 11.6. The summed E-state index contributed by atoms with van der Waals surface area (Å²) in [6, 6.07) is 0. The summed E-state index contributed by atoms with van der Waals surface area (Å²) >= 11 is 0. The van der Waals surface area contributed by atoms with Gasteiger partial charge in [0, 0.05) is 0 Å². The van der Waals surface area contributed by atoms with E-state index in [0.29, 0.717) is 24.5 Å². The van der Waals surface area contributed by atoms with Gasteiger partial charge in [-0.1, -0.05) is 27.7 Å². The van der Waals surface area contributed by atoms with Crippen LogP contribution in [-0.2, 0) is 9.53 Å². The fraction of sp³-hybridized carbons (Fsp3) is 0.933. The lowest BCUT2D eigenvalue weighted by atomic mass is 9.71. The van der Waals surface area contributed by atoms with Crippen molar-refractivity contribution in [1.82, 2.24) is 5.32 Å². The van der Waals surface area contributed by atoms with Crippen LogP contribution in [0.3, 0.4) is 0 Å². The van der Waals surface area contributed by atoms with Gasteiger partial charge in [0.1, 0.15) is 5.54 Å². The van der Waals surface area contributed by atoms with E-state index < -0.39 is 5.54 Å². The second kappa shape index (κ2) is 6.23. The molecule has 1 fully saturated rings. The summed E-state index contributed by atoms with van der Waals surface area (Å²) in [6.45, 7) is 11.7. The number of primary amides is 1. The Balaban J connectivity index is 2.57. The smallest absolute Gasteiger partial charge is 0.239 e. The molecule has 4 heteroatoms. The molecule has 0 aromatic rings. The fourth-order valence-electron chi connectivity index (χ4n) is 3.27. The number of amides is 1. The van der Waals surface area contributed by atoms with Gasteiger partial charge < -0.3 is 15.8 Å². The van der Waals surface area contributed by atoms with Crippen molar-refractivity contribution in [3.05, 3.63) is 0 Å². The van der Waals surface area contributed by atoms with Gasteiger partial charge in [-0.05, 0) is 44.1 Å². The van der Waals surface area contributed by atoms with Crippen molar-refractivity contribution in [3.8, 4) is 0 Å². The van der Waals surface area contributed by atoms with Crippen molar-refractivity contribution < 1.29 is 9.53 Å². The maximum Gasteiger partial charge on any atom is 0.239 e. The van der Waals surface area contributed by atoms with Crippen LogP contribution in [0.2, 0.25) is 0 Å². The molecule has 3 N–H and O–H groups in total. The first-order valence-corrected chi connectivity index (χ1v) is 7.35. The summed E-state index contributed by atoms with van der Waals surface area (Å²) in [5, 5.41) is 3.13. The maximum absolute atomic E-state index is 11.6. The predicted octanol–water partition coefficient (Wildman–Crippen LogP) is 2.07. The zero-order valence-electron chi connectivity index (χ0n) is 13.1. The molecule has 1 aliphatic rings. The molecule has 0 aliphatic heterocycles. The molecule has 0 heterocycles.